The molecule has 24 heavy (non-hydrogen) atoms. The minimum atomic E-state index is 0.0995. The van der Waals surface area contributed by atoms with Gasteiger partial charge in [-0.15, -0.1) is 0 Å². The molecular weight excluding hydrogens is 324 g/mol. The second-order valence-electron chi connectivity index (χ2n) is 6.30. The van der Waals surface area contributed by atoms with E-state index in [0.29, 0.717) is 16.6 Å². The Balaban J connectivity index is 1.75. The first-order chi connectivity index (χ1) is 11.5. The van der Waals surface area contributed by atoms with E-state index >= 15 is 0 Å². The van der Waals surface area contributed by atoms with Gasteiger partial charge in [-0.3, -0.25) is 4.79 Å². The van der Waals surface area contributed by atoms with Crippen molar-refractivity contribution in [2.24, 2.45) is 0 Å². The summed E-state index contributed by atoms with van der Waals surface area (Å²) in [7, 11) is 1.98. The van der Waals surface area contributed by atoms with Crippen molar-refractivity contribution in [1.29, 1.82) is 0 Å². The predicted octanol–water partition coefficient (Wildman–Crippen LogP) is 2.97. The molecule has 0 unspecified atom stereocenters. The van der Waals surface area contributed by atoms with Crippen molar-refractivity contribution in [3.8, 4) is 5.69 Å². The Kier molecular flexibility index (Phi) is 4.92. The molecule has 0 saturated carbocycles. The third kappa shape index (κ3) is 3.19. The molecule has 6 heteroatoms. The molecule has 1 N–H and O–H groups in total. The molecule has 1 aromatic heterocycles. The van der Waals surface area contributed by atoms with E-state index in [1.54, 1.807) is 0 Å². The van der Waals surface area contributed by atoms with E-state index in [9.17, 15) is 4.79 Å². The maximum absolute atomic E-state index is 12.6. The molecule has 2 aromatic rings. The van der Waals surface area contributed by atoms with E-state index < -0.39 is 0 Å². The number of aryl methyl sites for hydroxylation is 1. The van der Waals surface area contributed by atoms with E-state index in [0.717, 1.165) is 43.0 Å². The normalized spacial score (nSPS) is 15.8. The first-order valence-electron chi connectivity index (χ1n) is 8.30. The number of nitrogens with zero attached hydrogens (tertiary/aromatic N) is 3. The van der Waals surface area contributed by atoms with Gasteiger partial charge in [0.05, 0.1) is 22.1 Å². The Morgan fingerprint density at radius 2 is 1.83 bits per heavy atom. The lowest BCUT2D eigenvalue weighted by Crippen LogP contribution is -2.43. The van der Waals surface area contributed by atoms with Crippen LogP contribution in [0, 0.1) is 13.8 Å². The number of aromatic nitrogens is 2. The van der Waals surface area contributed by atoms with Crippen molar-refractivity contribution >= 4 is 17.5 Å². The Labute approximate surface area is 147 Å². The fourth-order valence-corrected chi connectivity index (χ4v) is 3.29. The summed E-state index contributed by atoms with van der Waals surface area (Å²) in [5.41, 5.74) is 3.34. The second-order valence-corrected chi connectivity index (χ2v) is 6.68. The molecular formula is C18H23ClN4O. The molecule has 128 valence electrons. The average Bonchev–Trinajstić information content (AvgIpc) is 2.89. The zero-order valence-electron chi connectivity index (χ0n) is 14.3. The Morgan fingerprint density at radius 1 is 1.21 bits per heavy atom. The molecule has 1 aliphatic heterocycles. The lowest BCUT2D eigenvalue weighted by atomic mass is 10.0. The molecule has 1 fully saturated rings. The van der Waals surface area contributed by atoms with E-state index in [4.69, 9.17) is 11.6 Å². The van der Waals surface area contributed by atoms with E-state index in [1.165, 1.54) is 0 Å². The van der Waals surface area contributed by atoms with Crippen LogP contribution >= 0.6 is 11.6 Å². The second kappa shape index (κ2) is 6.95. The highest BCUT2D eigenvalue weighted by Gasteiger charge is 2.22. The van der Waals surface area contributed by atoms with E-state index in [-0.39, 0.29) is 5.91 Å². The number of likely N-dealkylation sites (tertiary alicyclic amines) is 1. The van der Waals surface area contributed by atoms with Crippen LogP contribution < -0.4 is 5.32 Å². The quantitative estimate of drug-likeness (QED) is 0.929. The number of hydrogen-bond acceptors (Lipinski definition) is 3. The first-order valence-corrected chi connectivity index (χ1v) is 8.67. The number of benzene rings is 1. The first kappa shape index (κ1) is 17.0. The van der Waals surface area contributed by atoms with Gasteiger partial charge in [-0.25, -0.2) is 4.68 Å². The third-order valence-electron chi connectivity index (χ3n) is 4.75. The van der Waals surface area contributed by atoms with Crippen LogP contribution in [0.25, 0.3) is 5.69 Å². The number of carbonyl (C=O) groups is 1. The van der Waals surface area contributed by atoms with Crippen LogP contribution in [0.1, 0.15) is 34.6 Å². The van der Waals surface area contributed by atoms with Gasteiger partial charge in [-0.1, -0.05) is 11.6 Å². The third-order valence-corrected chi connectivity index (χ3v) is 5.30. The van der Waals surface area contributed by atoms with Gasteiger partial charge >= 0.3 is 0 Å². The monoisotopic (exact) mass is 346 g/mol. The number of carbonyl (C=O) groups excluding carboxylic acids is 1. The molecule has 1 amide bonds. The maximum Gasteiger partial charge on any atom is 0.253 e. The fraction of sp³-hybridized carbons (Fsp3) is 0.444. The predicted molar refractivity (Wildman–Crippen MR) is 96.0 cm³/mol. The van der Waals surface area contributed by atoms with Crippen LogP contribution in [0.3, 0.4) is 0 Å². The van der Waals surface area contributed by atoms with Crippen LogP contribution in [-0.4, -0.2) is 46.8 Å². The zero-order chi connectivity index (χ0) is 17.3. The fourth-order valence-electron chi connectivity index (χ4n) is 3.17. The molecule has 1 saturated heterocycles. The summed E-state index contributed by atoms with van der Waals surface area (Å²) in [6.45, 7) is 5.43. The highest BCUT2D eigenvalue weighted by molar-refractivity contribution is 6.31. The van der Waals surface area contributed by atoms with Crippen LogP contribution in [0.4, 0.5) is 0 Å². The van der Waals surface area contributed by atoms with Gasteiger partial charge in [0.15, 0.2) is 0 Å². The van der Waals surface area contributed by atoms with Gasteiger partial charge in [0.1, 0.15) is 0 Å². The molecule has 1 aliphatic rings. The van der Waals surface area contributed by atoms with Gasteiger partial charge in [-0.2, -0.15) is 5.10 Å². The summed E-state index contributed by atoms with van der Waals surface area (Å²) < 4.78 is 1.81. The molecule has 2 heterocycles. The standard InChI is InChI=1S/C18H23ClN4O/c1-12-17(19)13(2)23(21-12)16-6-4-14(5-7-16)18(24)22-10-8-15(20-3)9-11-22/h4-7,15,20H,8-11H2,1-3H3. The minimum Gasteiger partial charge on any atom is -0.339 e. The van der Waals surface area contributed by atoms with Crippen molar-refractivity contribution in [3.63, 3.8) is 0 Å². The number of amides is 1. The highest BCUT2D eigenvalue weighted by atomic mass is 35.5. The maximum atomic E-state index is 12.6. The number of piperidine rings is 1. The van der Waals surface area contributed by atoms with Crippen LogP contribution in [0.5, 0.6) is 0 Å². The zero-order valence-corrected chi connectivity index (χ0v) is 15.1. The van der Waals surface area contributed by atoms with Crippen LogP contribution in [0.2, 0.25) is 5.02 Å². The molecule has 0 spiro atoms. The Morgan fingerprint density at radius 3 is 2.33 bits per heavy atom. The summed E-state index contributed by atoms with van der Waals surface area (Å²) in [5.74, 6) is 0.0995. The Hall–Kier alpha value is -1.85. The number of rotatable bonds is 3. The smallest absolute Gasteiger partial charge is 0.253 e. The number of halogens is 1. The van der Waals surface area contributed by atoms with Crippen LogP contribution in [-0.2, 0) is 0 Å². The summed E-state index contributed by atoms with van der Waals surface area (Å²) in [6, 6.07) is 8.10. The van der Waals surface area contributed by atoms with Crippen molar-refractivity contribution in [3.05, 3.63) is 46.2 Å². The molecule has 3 rings (SSSR count). The van der Waals surface area contributed by atoms with Crippen LogP contribution in [0.15, 0.2) is 24.3 Å². The van der Waals surface area contributed by atoms with Gasteiger partial charge < -0.3 is 10.2 Å². The van der Waals surface area contributed by atoms with Crippen molar-refractivity contribution in [2.45, 2.75) is 32.7 Å². The largest absolute Gasteiger partial charge is 0.339 e. The van der Waals surface area contributed by atoms with Crippen molar-refractivity contribution in [2.75, 3.05) is 20.1 Å². The highest BCUT2D eigenvalue weighted by Crippen LogP contribution is 2.23. The summed E-state index contributed by atoms with van der Waals surface area (Å²) in [4.78, 5) is 14.6. The topological polar surface area (TPSA) is 50.2 Å². The Bertz CT molecular complexity index is 730. The molecule has 0 atom stereocenters. The van der Waals surface area contributed by atoms with Gasteiger partial charge in [0, 0.05) is 24.7 Å². The van der Waals surface area contributed by atoms with Gasteiger partial charge in [-0.05, 0) is 58.0 Å². The van der Waals surface area contributed by atoms with Crippen molar-refractivity contribution < 1.29 is 4.79 Å². The summed E-state index contributed by atoms with van der Waals surface area (Å²) in [5, 5.41) is 8.41. The number of hydrogen-bond donors (Lipinski definition) is 1. The van der Waals surface area contributed by atoms with Crippen molar-refractivity contribution in [1.82, 2.24) is 20.0 Å². The SMILES string of the molecule is CNC1CCN(C(=O)c2ccc(-n3nc(C)c(Cl)c3C)cc2)CC1. The molecule has 1 aromatic carbocycles. The molecule has 0 bridgehead atoms. The van der Waals surface area contributed by atoms with E-state index in [2.05, 4.69) is 10.4 Å². The van der Waals surface area contributed by atoms with E-state index in [1.807, 2.05) is 54.7 Å². The average molecular weight is 347 g/mol. The number of nitrogens with one attached hydrogen (secondary N) is 1. The van der Waals surface area contributed by atoms with Gasteiger partial charge in [0.25, 0.3) is 5.91 Å². The minimum absolute atomic E-state index is 0.0995. The lowest BCUT2D eigenvalue weighted by Gasteiger charge is -2.31. The van der Waals surface area contributed by atoms with Gasteiger partial charge in [0.2, 0.25) is 0 Å². The molecule has 5 nitrogen and oxygen atoms in total. The summed E-state index contributed by atoms with van der Waals surface area (Å²) >= 11 is 6.21. The summed E-state index contributed by atoms with van der Waals surface area (Å²) in [6.07, 6.45) is 2.01. The molecule has 0 aliphatic carbocycles. The lowest BCUT2D eigenvalue weighted by molar-refractivity contribution is 0.0707. The molecule has 0 radical (unpaired) electrons.